The lowest BCUT2D eigenvalue weighted by atomic mass is 10.2. The van der Waals surface area contributed by atoms with Crippen LogP contribution in [0.15, 0.2) is 18.2 Å². The summed E-state index contributed by atoms with van der Waals surface area (Å²) >= 11 is 11.7. The summed E-state index contributed by atoms with van der Waals surface area (Å²) in [5, 5.41) is 9.47. The largest absolute Gasteiger partial charge is 0.481 e. The number of aliphatic carboxylic acids is 1. The molecule has 104 valence electrons. The van der Waals surface area contributed by atoms with E-state index in [-0.39, 0.29) is 18.9 Å². The van der Waals surface area contributed by atoms with Crippen LogP contribution < -0.4 is 4.90 Å². The second kappa shape index (κ2) is 7.36. The topological polar surface area (TPSA) is 57.6 Å². The fraction of sp³-hybridized carbons (Fsp3) is 0.385. The number of benzene rings is 1. The Bertz CT molecular complexity index is 477. The highest BCUT2D eigenvalue weighted by atomic mass is 35.5. The highest BCUT2D eigenvalue weighted by Gasteiger charge is 2.17. The van der Waals surface area contributed by atoms with Crippen molar-refractivity contribution in [1.29, 1.82) is 0 Å². The van der Waals surface area contributed by atoms with Gasteiger partial charge in [-0.05, 0) is 24.6 Å². The van der Waals surface area contributed by atoms with Crippen molar-refractivity contribution in [3.05, 3.63) is 28.2 Å². The molecule has 0 spiro atoms. The monoisotopic (exact) mass is 303 g/mol. The number of anilines is 1. The number of nitrogens with zero attached hydrogens (tertiary/aromatic N) is 1. The van der Waals surface area contributed by atoms with Gasteiger partial charge in [-0.25, -0.2) is 0 Å². The number of carboxylic acids is 1. The Morgan fingerprint density at radius 1 is 1.21 bits per heavy atom. The molecule has 0 aliphatic heterocycles. The first-order chi connectivity index (χ1) is 8.95. The number of hydrogen-bond acceptors (Lipinski definition) is 2. The van der Waals surface area contributed by atoms with E-state index in [1.165, 1.54) is 4.90 Å². The zero-order valence-corrected chi connectivity index (χ0v) is 12.0. The van der Waals surface area contributed by atoms with Gasteiger partial charge in [0.15, 0.2) is 0 Å². The molecule has 1 amide bonds. The fourth-order valence-electron chi connectivity index (χ4n) is 1.61. The zero-order chi connectivity index (χ0) is 14.4. The number of carbonyl (C=O) groups is 2. The van der Waals surface area contributed by atoms with Crippen LogP contribution >= 0.6 is 23.2 Å². The van der Waals surface area contributed by atoms with Crippen LogP contribution in [0.3, 0.4) is 0 Å². The van der Waals surface area contributed by atoms with E-state index in [1.54, 1.807) is 18.2 Å². The molecule has 0 aliphatic rings. The van der Waals surface area contributed by atoms with Crippen LogP contribution in [0.5, 0.6) is 0 Å². The maximum Gasteiger partial charge on any atom is 0.305 e. The smallest absolute Gasteiger partial charge is 0.305 e. The van der Waals surface area contributed by atoms with E-state index in [0.29, 0.717) is 28.6 Å². The summed E-state index contributed by atoms with van der Waals surface area (Å²) in [7, 11) is 0. The molecule has 0 saturated carbocycles. The lowest BCUT2D eigenvalue weighted by molar-refractivity contribution is -0.136. The molecule has 0 unspecified atom stereocenters. The number of halogens is 2. The first kappa shape index (κ1) is 15.8. The first-order valence-electron chi connectivity index (χ1n) is 5.93. The Morgan fingerprint density at radius 3 is 2.42 bits per heavy atom. The van der Waals surface area contributed by atoms with Gasteiger partial charge >= 0.3 is 5.97 Å². The van der Waals surface area contributed by atoms with E-state index >= 15 is 0 Å². The number of hydrogen-bond donors (Lipinski definition) is 1. The first-order valence-corrected chi connectivity index (χ1v) is 6.68. The predicted octanol–water partition coefficient (Wildman–Crippen LogP) is 3.60. The van der Waals surface area contributed by atoms with Crippen LogP contribution in [0, 0.1) is 0 Å². The molecule has 0 radical (unpaired) electrons. The molecular weight excluding hydrogens is 289 g/mol. The molecule has 0 aromatic heterocycles. The molecule has 0 aliphatic carbocycles. The second-order valence-electron chi connectivity index (χ2n) is 4.04. The molecule has 6 heteroatoms. The van der Waals surface area contributed by atoms with Crippen LogP contribution in [0.1, 0.15) is 26.2 Å². The third kappa shape index (κ3) is 4.73. The lowest BCUT2D eigenvalue weighted by Gasteiger charge is -2.22. The van der Waals surface area contributed by atoms with Gasteiger partial charge in [0.25, 0.3) is 0 Å². The molecule has 0 saturated heterocycles. The minimum atomic E-state index is -0.950. The molecule has 0 atom stereocenters. The van der Waals surface area contributed by atoms with E-state index in [2.05, 4.69) is 0 Å². The number of carbonyl (C=O) groups excluding carboxylic acids is 1. The molecule has 19 heavy (non-hydrogen) atoms. The molecule has 1 rings (SSSR count). The fourth-order valence-corrected chi connectivity index (χ4v) is 1.90. The average Bonchev–Trinajstić information content (AvgIpc) is 2.33. The molecule has 1 aromatic rings. The summed E-state index contributed by atoms with van der Waals surface area (Å²) in [6.07, 6.45) is 0.944. The standard InChI is InChI=1S/C13H15Cl2NO3/c1-2-3-12(17)16(7-6-13(18)19)9-4-5-10(14)11(15)8-9/h4-5,8H,2-3,6-7H2,1H3,(H,18,19). The van der Waals surface area contributed by atoms with Crippen LogP contribution in [0.2, 0.25) is 10.0 Å². The highest BCUT2D eigenvalue weighted by Crippen LogP contribution is 2.27. The highest BCUT2D eigenvalue weighted by molar-refractivity contribution is 6.42. The van der Waals surface area contributed by atoms with Gasteiger partial charge in [-0.3, -0.25) is 9.59 Å². The van der Waals surface area contributed by atoms with Crippen LogP contribution in [0.25, 0.3) is 0 Å². The summed E-state index contributed by atoms with van der Waals surface area (Å²) in [4.78, 5) is 24.1. The maximum absolute atomic E-state index is 12.0. The Balaban J connectivity index is 2.96. The Hall–Kier alpha value is -1.26. The van der Waals surface area contributed by atoms with Gasteiger partial charge in [0.2, 0.25) is 5.91 Å². The molecule has 1 aromatic carbocycles. The number of rotatable bonds is 6. The van der Waals surface area contributed by atoms with E-state index in [9.17, 15) is 9.59 Å². The van der Waals surface area contributed by atoms with Gasteiger partial charge in [-0.15, -0.1) is 0 Å². The van der Waals surface area contributed by atoms with Gasteiger partial charge in [0, 0.05) is 18.7 Å². The Morgan fingerprint density at radius 2 is 1.89 bits per heavy atom. The summed E-state index contributed by atoms with van der Waals surface area (Å²) in [6.45, 7) is 2.01. The normalized spacial score (nSPS) is 10.3. The van der Waals surface area contributed by atoms with Crippen molar-refractivity contribution in [2.75, 3.05) is 11.4 Å². The van der Waals surface area contributed by atoms with Gasteiger partial charge in [0.1, 0.15) is 0 Å². The van der Waals surface area contributed by atoms with Crippen molar-refractivity contribution in [3.8, 4) is 0 Å². The number of carboxylic acid groups (broad SMARTS) is 1. The molecule has 0 fully saturated rings. The van der Waals surface area contributed by atoms with E-state index < -0.39 is 5.97 Å². The van der Waals surface area contributed by atoms with Crippen molar-refractivity contribution in [3.63, 3.8) is 0 Å². The van der Waals surface area contributed by atoms with Crippen LogP contribution in [-0.2, 0) is 9.59 Å². The third-order valence-electron chi connectivity index (χ3n) is 2.53. The molecule has 0 heterocycles. The van der Waals surface area contributed by atoms with Crippen LogP contribution in [0.4, 0.5) is 5.69 Å². The minimum absolute atomic E-state index is 0.115. The SMILES string of the molecule is CCCC(=O)N(CCC(=O)O)c1ccc(Cl)c(Cl)c1. The molecule has 4 nitrogen and oxygen atoms in total. The van der Waals surface area contributed by atoms with Gasteiger partial charge in [-0.1, -0.05) is 30.1 Å². The third-order valence-corrected chi connectivity index (χ3v) is 3.27. The predicted molar refractivity (Wildman–Crippen MR) is 76.0 cm³/mol. The van der Waals surface area contributed by atoms with E-state index in [4.69, 9.17) is 28.3 Å². The van der Waals surface area contributed by atoms with Gasteiger partial charge < -0.3 is 10.0 Å². The Labute approximate surface area is 121 Å². The molecule has 0 bridgehead atoms. The Kier molecular flexibility index (Phi) is 6.12. The number of amides is 1. The van der Waals surface area contributed by atoms with Crippen molar-refractivity contribution >= 4 is 40.8 Å². The lowest BCUT2D eigenvalue weighted by Crippen LogP contribution is -2.32. The zero-order valence-electron chi connectivity index (χ0n) is 10.5. The molecular formula is C13H15Cl2NO3. The summed E-state index contributed by atoms with van der Waals surface area (Å²) < 4.78 is 0. The summed E-state index contributed by atoms with van der Waals surface area (Å²) in [6, 6.07) is 4.81. The average molecular weight is 304 g/mol. The molecule has 1 N–H and O–H groups in total. The minimum Gasteiger partial charge on any atom is -0.481 e. The van der Waals surface area contributed by atoms with Gasteiger partial charge in [0.05, 0.1) is 16.5 Å². The van der Waals surface area contributed by atoms with Gasteiger partial charge in [-0.2, -0.15) is 0 Å². The van der Waals surface area contributed by atoms with Crippen molar-refractivity contribution in [1.82, 2.24) is 0 Å². The van der Waals surface area contributed by atoms with Crippen molar-refractivity contribution in [2.45, 2.75) is 26.2 Å². The maximum atomic E-state index is 12.0. The van der Waals surface area contributed by atoms with E-state index in [0.717, 1.165) is 0 Å². The van der Waals surface area contributed by atoms with Crippen LogP contribution in [-0.4, -0.2) is 23.5 Å². The van der Waals surface area contributed by atoms with Crippen molar-refractivity contribution < 1.29 is 14.7 Å². The summed E-state index contributed by atoms with van der Waals surface area (Å²) in [5.74, 6) is -1.07. The quantitative estimate of drug-likeness (QED) is 0.873. The van der Waals surface area contributed by atoms with E-state index in [1.807, 2.05) is 6.92 Å². The van der Waals surface area contributed by atoms with Crippen molar-refractivity contribution in [2.24, 2.45) is 0 Å². The summed E-state index contributed by atoms with van der Waals surface area (Å²) in [5.41, 5.74) is 0.564. The second-order valence-corrected chi connectivity index (χ2v) is 4.85.